The van der Waals surface area contributed by atoms with Gasteiger partial charge in [-0.1, -0.05) is 0 Å². The van der Waals surface area contributed by atoms with Crippen LogP contribution in [0.25, 0.3) is 0 Å². The van der Waals surface area contributed by atoms with Crippen molar-refractivity contribution in [1.29, 1.82) is 0 Å². The van der Waals surface area contributed by atoms with Gasteiger partial charge in [-0.3, -0.25) is 0 Å². The highest BCUT2D eigenvalue weighted by molar-refractivity contribution is 5.49. The average molecular weight is 260 g/mol. The number of rotatable bonds is 4. The molecule has 0 radical (unpaired) electrons. The second-order valence-corrected chi connectivity index (χ2v) is 4.62. The van der Waals surface area contributed by atoms with Gasteiger partial charge in [0, 0.05) is 12.2 Å². The van der Waals surface area contributed by atoms with Gasteiger partial charge in [-0.25, -0.2) is 4.98 Å². The number of nitrogens with zero attached hydrogens (tertiary/aromatic N) is 2. The van der Waals surface area contributed by atoms with Crippen molar-refractivity contribution < 1.29 is 18.3 Å². The van der Waals surface area contributed by atoms with Gasteiger partial charge in [-0.05, 0) is 37.0 Å². The minimum absolute atomic E-state index is 0.0576. The molecule has 0 spiro atoms. The lowest BCUT2D eigenvalue weighted by molar-refractivity contribution is -0.120. The van der Waals surface area contributed by atoms with E-state index in [0.717, 1.165) is 12.8 Å². The highest BCUT2D eigenvalue weighted by Crippen LogP contribution is 2.34. The number of hydrogen-bond donors (Lipinski definition) is 1. The number of pyridine rings is 1. The van der Waals surface area contributed by atoms with E-state index in [-0.39, 0.29) is 12.6 Å². The molecule has 0 aliphatic heterocycles. The van der Waals surface area contributed by atoms with Crippen LogP contribution in [0, 0.1) is 6.92 Å². The number of halogens is 3. The molecular weight excluding hydrogens is 245 g/mol. The van der Waals surface area contributed by atoms with Gasteiger partial charge >= 0.3 is 6.18 Å². The van der Waals surface area contributed by atoms with Crippen molar-refractivity contribution in [2.75, 3.05) is 11.4 Å². The Kier molecular flexibility index (Phi) is 3.47. The van der Waals surface area contributed by atoms with E-state index in [9.17, 15) is 13.2 Å². The van der Waals surface area contributed by atoms with Crippen LogP contribution in [0.15, 0.2) is 12.3 Å². The summed E-state index contributed by atoms with van der Waals surface area (Å²) in [5.41, 5.74) is 1.27. The molecule has 0 aromatic carbocycles. The van der Waals surface area contributed by atoms with Crippen LogP contribution in [-0.4, -0.2) is 28.9 Å². The summed E-state index contributed by atoms with van der Waals surface area (Å²) < 4.78 is 37.6. The summed E-state index contributed by atoms with van der Waals surface area (Å²) in [4.78, 5) is 5.38. The lowest BCUT2D eigenvalue weighted by Gasteiger charge is -2.26. The molecule has 2 rings (SSSR count). The van der Waals surface area contributed by atoms with Crippen LogP contribution in [0.5, 0.6) is 0 Å². The van der Waals surface area contributed by atoms with E-state index in [1.807, 2.05) is 0 Å². The summed E-state index contributed by atoms with van der Waals surface area (Å²) in [6, 6.07) is 1.62. The van der Waals surface area contributed by atoms with Crippen LogP contribution < -0.4 is 4.90 Å². The Morgan fingerprint density at radius 2 is 2.11 bits per heavy atom. The summed E-state index contributed by atoms with van der Waals surface area (Å²) in [7, 11) is 0. The first-order valence-electron chi connectivity index (χ1n) is 5.80. The Balaban J connectivity index is 2.25. The average Bonchev–Trinajstić information content (AvgIpc) is 3.08. The first kappa shape index (κ1) is 13.1. The Labute approximate surface area is 103 Å². The van der Waals surface area contributed by atoms with Gasteiger partial charge in [0.05, 0.1) is 6.61 Å². The number of alkyl halides is 3. The van der Waals surface area contributed by atoms with E-state index in [1.165, 1.54) is 11.1 Å². The van der Waals surface area contributed by atoms with Crippen molar-refractivity contribution in [3.05, 3.63) is 23.4 Å². The van der Waals surface area contributed by atoms with E-state index in [2.05, 4.69) is 4.98 Å². The topological polar surface area (TPSA) is 36.4 Å². The smallest absolute Gasteiger partial charge is 0.392 e. The van der Waals surface area contributed by atoms with E-state index in [0.29, 0.717) is 16.9 Å². The van der Waals surface area contributed by atoms with E-state index < -0.39 is 12.7 Å². The summed E-state index contributed by atoms with van der Waals surface area (Å²) >= 11 is 0. The third-order valence-electron chi connectivity index (χ3n) is 2.90. The number of aryl methyl sites for hydroxylation is 1. The monoisotopic (exact) mass is 260 g/mol. The molecule has 1 N–H and O–H groups in total. The van der Waals surface area contributed by atoms with Crippen LogP contribution in [0.4, 0.5) is 19.0 Å². The van der Waals surface area contributed by atoms with Crippen molar-refractivity contribution >= 4 is 5.82 Å². The van der Waals surface area contributed by atoms with E-state index in [1.54, 1.807) is 13.0 Å². The standard InChI is InChI=1S/C12H15F3N2O/c1-8-4-9(6-18)5-16-11(8)17(10-2-3-10)7-12(13,14)15/h4-5,10,18H,2-3,6-7H2,1H3. The van der Waals surface area contributed by atoms with E-state index in [4.69, 9.17) is 5.11 Å². The summed E-state index contributed by atoms with van der Waals surface area (Å²) in [5.74, 6) is 0.368. The van der Waals surface area contributed by atoms with Crippen LogP contribution >= 0.6 is 0 Å². The maximum Gasteiger partial charge on any atom is 0.405 e. The fourth-order valence-electron chi connectivity index (χ4n) is 1.97. The first-order chi connectivity index (χ1) is 8.40. The van der Waals surface area contributed by atoms with Gasteiger partial charge in [-0.15, -0.1) is 0 Å². The number of hydrogen-bond acceptors (Lipinski definition) is 3. The summed E-state index contributed by atoms with van der Waals surface area (Å²) in [6.45, 7) is 0.591. The number of aromatic nitrogens is 1. The Hall–Kier alpha value is -1.30. The Bertz CT molecular complexity index is 430. The summed E-state index contributed by atoms with van der Waals surface area (Å²) in [6.07, 6.45) is -1.25. The SMILES string of the molecule is Cc1cc(CO)cnc1N(CC(F)(F)F)C1CC1. The molecule has 1 saturated carbocycles. The Morgan fingerprint density at radius 1 is 1.44 bits per heavy atom. The number of anilines is 1. The van der Waals surface area contributed by atoms with Crippen molar-refractivity contribution in [2.45, 2.75) is 38.6 Å². The molecule has 1 aromatic rings. The molecule has 1 aromatic heterocycles. The molecule has 1 aliphatic rings. The second-order valence-electron chi connectivity index (χ2n) is 4.62. The third kappa shape index (κ3) is 3.13. The number of aliphatic hydroxyl groups is 1. The van der Waals surface area contributed by atoms with Gasteiger partial charge in [-0.2, -0.15) is 13.2 Å². The molecule has 0 unspecified atom stereocenters. The molecule has 0 atom stereocenters. The molecule has 1 fully saturated rings. The fraction of sp³-hybridized carbons (Fsp3) is 0.583. The highest BCUT2D eigenvalue weighted by atomic mass is 19.4. The minimum Gasteiger partial charge on any atom is -0.392 e. The fourth-order valence-corrected chi connectivity index (χ4v) is 1.97. The third-order valence-corrected chi connectivity index (χ3v) is 2.90. The number of aliphatic hydroxyl groups excluding tert-OH is 1. The first-order valence-corrected chi connectivity index (χ1v) is 5.80. The predicted molar refractivity (Wildman–Crippen MR) is 61.3 cm³/mol. The Morgan fingerprint density at radius 3 is 2.56 bits per heavy atom. The highest BCUT2D eigenvalue weighted by Gasteiger charge is 2.39. The van der Waals surface area contributed by atoms with Crippen molar-refractivity contribution in [2.24, 2.45) is 0 Å². The quantitative estimate of drug-likeness (QED) is 0.903. The maximum absolute atomic E-state index is 12.5. The molecule has 18 heavy (non-hydrogen) atoms. The lowest BCUT2D eigenvalue weighted by atomic mass is 10.2. The lowest BCUT2D eigenvalue weighted by Crippen LogP contribution is -2.37. The predicted octanol–water partition coefficient (Wildman–Crippen LogP) is 2.41. The van der Waals surface area contributed by atoms with Gasteiger partial charge in [0.15, 0.2) is 0 Å². The molecule has 0 amide bonds. The molecule has 6 heteroatoms. The zero-order chi connectivity index (χ0) is 13.3. The molecule has 0 bridgehead atoms. The van der Waals surface area contributed by atoms with Crippen molar-refractivity contribution in [1.82, 2.24) is 4.98 Å². The zero-order valence-electron chi connectivity index (χ0n) is 10.0. The molecule has 0 saturated heterocycles. The van der Waals surface area contributed by atoms with Gasteiger partial charge in [0.1, 0.15) is 12.4 Å². The largest absolute Gasteiger partial charge is 0.405 e. The minimum atomic E-state index is -4.23. The van der Waals surface area contributed by atoms with E-state index >= 15 is 0 Å². The molecule has 1 aliphatic carbocycles. The van der Waals surface area contributed by atoms with Crippen LogP contribution in [-0.2, 0) is 6.61 Å². The van der Waals surface area contributed by atoms with Crippen molar-refractivity contribution in [3.63, 3.8) is 0 Å². The summed E-state index contributed by atoms with van der Waals surface area (Å²) in [5, 5.41) is 8.97. The molecule has 100 valence electrons. The van der Waals surface area contributed by atoms with Crippen LogP contribution in [0.3, 0.4) is 0 Å². The van der Waals surface area contributed by atoms with Gasteiger partial charge in [0.25, 0.3) is 0 Å². The maximum atomic E-state index is 12.5. The van der Waals surface area contributed by atoms with Crippen LogP contribution in [0.1, 0.15) is 24.0 Å². The normalized spacial score (nSPS) is 15.8. The van der Waals surface area contributed by atoms with Gasteiger partial charge < -0.3 is 10.0 Å². The zero-order valence-corrected chi connectivity index (χ0v) is 10.0. The molecular formula is C12H15F3N2O. The molecule has 1 heterocycles. The van der Waals surface area contributed by atoms with Gasteiger partial charge in [0.2, 0.25) is 0 Å². The molecule has 3 nitrogen and oxygen atoms in total. The second kappa shape index (κ2) is 4.76. The van der Waals surface area contributed by atoms with Crippen molar-refractivity contribution in [3.8, 4) is 0 Å². The van der Waals surface area contributed by atoms with Crippen LogP contribution in [0.2, 0.25) is 0 Å².